The number of nitrogens with zero attached hydrogens (tertiary/aromatic N) is 4. The van der Waals surface area contributed by atoms with E-state index < -0.39 is 10.0 Å². The molecule has 1 aromatic heterocycles. The number of amides is 1. The van der Waals surface area contributed by atoms with Gasteiger partial charge in [0.2, 0.25) is 10.0 Å². The lowest BCUT2D eigenvalue weighted by atomic mass is 10.0. The first-order valence-electron chi connectivity index (χ1n) is 12.9. The summed E-state index contributed by atoms with van der Waals surface area (Å²) >= 11 is 3.19. The molecule has 0 spiro atoms. The first kappa shape index (κ1) is 28.0. The van der Waals surface area contributed by atoms with Gasteiger partial charge in [-0.25, -0.2) is 13.4 Å². The molecule has 0 atom stereocenters. The summed E-state index contributed by atoms with van der Waals surface area (Å²) in [6, 6.07) is 12.5. The van der Waals surface area contributed by atoms with Gasteiger partial charge in [0.05, 0.1) is 15.1 Å². The highest BCUT2D eigenvalue weighted by Gasteiger charge is 2.29. The van der Waals surface area contributed by atoms with Gasteiger partial charge in [-0.3, -0.25) is 9.69 Å². The van der Waals surface area contributed by atoms with Crippen molar-refractivity contribution in [3.63, 3.8) is 0 Å². The first-order chi connectivity index (χ1) is 17.8. The molecule has 0 radical (unpaired) electrons. The van der Waals surface area contributed by atoms with Crippen LogP contribution in [-0.2, 0) is 10.0 Å². The maximum atomic E-state index is 13.7. The number of carbonyl (C=O) groups excluding carboxylic acids is 1. The minimum atomic E-state index is -3.56. The summed E-state index contributed by atoms with van der Waals surface area (Å²) < 4.78 is 28.9. The van der Waals surface area contributed by atoms with Gasteiger partial charge < -0.3 is 4.90 Å². The van der Waals surface area contributed by atoms with Crippen LogP contribution in [0.25, 0.3) is 10.2 Å². The molecule has 7 nitrogen and oxygen atoms in total. The molecule has 0 saturated carbocycles. The Bertz CT molecular complexity index is 1310. The Hall–Kier alpha value is -1.98. The molecule has 2 aromatic carbocycles. The average Bonchev–Trinajstić information content (AvgIpc) is 3.34. The molecule has 0 bridgehead atoms. The maximum absolute atomic E-state index is 13.7. The summed E-state index contributed by atoms with van der Waals surface area (Å²) in [5.74, 6) is 0.371. The number of hydrogen-bond donors (Lipinski definition) is 0. The fraction of sp³-hybridized carbons (Fsp3) is 0.481. The molecule has 1 saturated heterocycles. The van der Waals surface area contributed by atoms with Crippen LogP contribution in [0.1, 0.15) is 44.0 Å². The van der Waals surface area contributed by atoms with Gasteiger partial charge in [-0.1, -0.05) is 32.1 Å². The van der Waals surface area contributed by atoms with Crippen LogP contribution in [-0.4, -0.2) is 74.0 Å². The Morgan fingerprint density at radius 2 is 1.76 bits per heavy atom. The zero-order chi connectivity index (χ0) is 26.6. The van der Waals surface area contributed by atoms with E-state index in [1.807, 2.05) is 18.4 Å². The Morgan fingerprint density at radius 3 is 2.38 bits per heavy atom. The molecule has 2 heterocycles. The van der Waals surface area contributed by atoms with E-state index in [4.69, 9.17) is 4.98 Å². The zero-order valence-corrected chi connectivity index (χ0v) is 24.5. The number of aromatic nitrogens is 1. The molecule has 1 aliphatic heterocycles. The third-order valence-corrected chi connectivity index (χ3v) is 10.8. The standard InChI is InChI=1S/C27H36N4O3S3/c1-5-29(6-2)17-18-31(27-28-24-12-9-22(35-4)19-25(24)36-27)26(32)21-7-10-23(11-8-21)37(33,34)30-15-13-20(3)14-16-30/h7-12,19-20H,5-6,13-18H2,1-4H3. The number of anilines is 1. The number of thiazole rings is 1. The van der Waals surface area contributed by atoms with Gasteiger partial charge in [0.1, 0.15) is 0 Å². The third-order valence-electron chi connectivity index (χ3n) is 7.08. The SMILES string of the molecule is CCN(CC)CCN(C(=O)c1ccc(S(=O)(=O)N2CCC(C)CC2)cc1)c1nc2ccc(SC)cc2s1. The number of benzene rings is 2. The lowest BCUT2D eigenvalue weighted by molar-refractivity contribution is 0.0983. The fourth-order valence-electron chi connectivity index (χ4n) is 4.50. The predicted octanol–water partition coefficient (Wildman–Crippen LogP) is 5.43. The highest BCUT2D eigenvalue weighted by atomic mass is 32.2. The van der Waals surface area contributed by atoms with Crippen molar-refractivity contribution in [2.75, 3.05) is 50.4 Å². The number of piperidine rings is 1. The summed E-state index contributed by atoms with van der Waals surface area (Å²) in [6.45, 7) is 10.5. The molecule has 0 aliphatic carbocycles. The Kier molecular flexibility index (Phi) is 9.29. The van der Waals surface area contributed by atoms with Crippen LogP contribution < -0.4 is 4.90 Å². The number of thioether (sulfide) groups is 1. The minimum absolute atomic E-state index is 0.174. The van der Waals surface area contributed by atoms with Crippen molar-refractivity contribution in [1.29, 1.82) is 0 Å². The highest BCUT2D eigenvalue weighted by Crippen LogP contribution is 2.32. The third kappa shape index (κ3) is 6.37. The molecular formula is C27H36N4O3S3. The van der Waals surface area contributed by atoms with E-state index in [2.05, 4.69) is 31.7 Å². The zero-order valence-electron chi connectivity index (χ0n) is 22.0. The van der Waals surface area contributed by atoms with Crippen LogP contribution in [0.5, 0.6) is 0 Å². The maximum Gasteiger partial charge on any atom is 0.260 e. The van der Waals surface area contributed by atoms with Crippen LogP contribution >= 0.6 is 23.1 Å². The monoisotopic (exact) mass is 560 g/mol. The van der Waals surface area contributed by atoms with Crippen LogP contribution in [0, 0.1) is 5.92 Å². The van der Waals surface area contributed by atoms with E-state index in [0.717, 1.165) is 47.6 Å². The second-order valence-corrected chi connectivity index (χ2v) is 13.3. The molecular weight excluding hydrogens is 525 g/mol. The van der Waals surface area contributed by atoms with E-state index in [1.54, 1.807) is 45.2 Å². The largest absolute Gasteiger partial charge is 0.302 e. The van der Waals surface area contributed by atoms with Crippen molar-refractivity contribution < 1.29 is 13.2 Å². The number of hydrogen-bond acceptors (Lipinski definition) is 7. The summed E-state index contributed by atoms with van der Waals surface area (Å²) in [5, 5.41) is 0.657. The first-order valence-corrected chi connectivity index (χ1v) is 16.3. The number of sulfonamides is 1. The Labute approximate surface area is 228 Å². The number of fused-ring (bicyclic) bond motifs is 1. The van der Waals surface area contributed by atoms with Gasteiger partial charge in [-0.2, -0.15) is 4.31 Å². The molecule has 1 aliphatic rings. The van der Waals surface area contributed by atoms with Crippen molar-refractivity contribution in [3.05, 3.63) is 48.0 Å². The second kappa shape index (κ2) is 12.3. The van der Waals surface area contributed by atoms with Crippen LogP contribution in [0.3, 0.4) is 0 Å². The lowest BCUT2D eigenvalue weighted by Crippen LogP contribution is -2.39. The van der Waals surface area contributed by atoms with Gasteiger partial charge in [-0.15, -0.1) is 11.8 Å². The highest BCUT2D eigenvalue weighted by molar-refractivity contribution is 7.98. The quantitative estimate of drug-likeness (QED) is 0.308. The second-order valence-electron chi connectivity index (χ2n) is 9.42. The summed E-state index contributed by atoms with van der Waals surface area (Å²) in [5.41, 5.74) is 1.32. The molecule has 1 fully saturated rings. The van der Waals surface area contributed by atoms with Crippen molar-refractivity contribution in [3.8, 4) is 0 Å². The van der Waals surface area contributed by atoms with Gasteiger partial charge in [0.15, 0.2) is 5.13 Å². The minimum Gasteiger partial charge on any atom is -0.302 e. The molecule has 3 aromatic rings. The summed E-state index contributed by atoms with van der Waals surface area (Å²) in [6.07, 6.45) is 3.79. The van der Waals surface area contributed by atoms with Gasteiger partial charge in [-0.05, 0) is 80.6 Å². The van der Waals surface area contributed by atoms with E-state index in [9.17, 15) is 13.2 Å². The molecule has 4 rings (SSSR count). The Balaban J connectivity index is 1.60. The Morgan fingerprint density at radius 1 is 1.08 bits per heavy atom. The van der Waals surface area contributed by atoms with Crippen LogP contribution in [0.2, 0.25) is 0 Å². The average molecular weight is 561 g/mol. The molecule has 1 amide bonds. The number of likely N-dealkylation sites (N-methyl/N-ethyl adjacent to an activating group) is 1. The van der Waals surface area contributed by atoms with Crippen molar-refractivity contribution in [1.82, 2.24) is 14.2 Å². The van der Waals surface area contributed by atoms with Crippen molar-refractivity contribution in [2.45, 2.75) is 43.4 Å². The van der Waals surface area contributed by atoms with Gasteiger partial charge >= 0.3 is 0 Å². The number of rotatable bonds is 10. The molecule has 10 heteroatoms. The van der Waals surface area contributed by atoms with E-state index in [0.29, 0.717) is 36.2 Å². The lowest BCUT2D eigenvalue weighted by Gasteiger charge is -2.29. The molecule has 0 N–H and O–H groups in total. The fourth-order valence-corrected chi connectivity index (χ4v) is 7.51. The normalized spacial score (nSPS) is 15.5. The van der Waals surface area contributed by atoms with E-state index in [-0.39, 0.29) is 10.8 Å². The van der Waals surface area contributed by atoms with E-state index >= 15 is 0 Å². The summed E-state index contributed by atoms with van der Waals surface area (Å²) in [4.78, 5) is 23.9. The van der Waals surface area contributed by atoms with E-state index in [1.165, 1.54) is 11.3 Å². The van der Waals surface area contributed by atoms with Crippen molar-refractivity contribution in [2.24, 2.45) is 5.92 Å². The van der Waals surface area contributed by atoms with Crippen molar-refractivity contribution >= 4 is 54.4 Å². The predicted molar refractivity (Wildman–Crippen MR) is 154 cm³/mol. The van der Waals surface area contributed by atoms with Gasteiger partial charge in [0, 0.05) is 36.6 Å². The smallest absolute Gasteiger partial charge is 0.260 e. The molecule has 37 heavy (non-hydrogen) atoms. The van der Waals surface area contributed by atoms with Crippen LogP contribution in [0.15, 0.2) is 52.3 Å². The number of carbonyl (C=O) groups is 1. The van der Waals surface area contributed by atoms with Crippen LogP contribution in [0.4, 0.5) is 5.13 Å². The molecule has 0 unspecified atom stereocenters. The topological polar surface area (TPSA) is 73.8 Å². The molecule has 200 valence electrons. The van der Waals surface area contributed by atoms with Gasteiger partial charge in [0.25, 0.3) is 5.91 Å². The summed E-state index contributed by atoms with van der Waals surface area (Å²) in [7, 11) is -3.56.